The molecule has 7 heteroatoms. The van der Waals surface area contributed by atoms with Crippen molar-refractivity contribution in [3.63, 3.8) is 0 Å². The Labute approximate surface area is 124 Å². The van der Waals surface area contributed by atoms with Gasteiger partial charge in [0.05, 0.1) is 13.2 Å². The van der Waals surface area contributed by atoms with E-state index in [1.807, 2.05) is 6.07 Å². The van der Waals surface area contributed by atoms with Crippen LogP contribution in [-0.4, -0.2) is 73.4 Å². The molecule has 21 heavy (non-hydrogen) atoms. The number of carbonyl (C=O) groups is 1. The number of anilines is 1. The lowest BCUT2D eigenvalue weighted by Crippen LogP contribution is -2.47. The van der Waals surface area contributed by atoms with Crippen LogP contribution in [-0.2, 0) is 14.3 Å². The van der Waals surface area contributed by atoms with Crippen LogP contribution in [0.5, 0.6) is 0 Å². The Kier molecular flexibility index (Phi) is 6.36. The van der Waals surface area contributed by atoms with Gasteiger partial charge in [-0.05, 0) is 13.0 Å². The minimum Gasteiger partial charge on any atom is -0.464 e. The number of hydrogen-bond donors (Lipinski definition) is 0. The van der Waals surface area contributed by atoms with Crippen LogP contribution < -0.4 is 4.90 Å². The third kappa shape index (κ3) is 5.28. The number of nitrogens with zero attached hydrogens (tertiary/aromatic N) is 4. The topological polar surface area (TPSA) is 67.8 Å². The Hall–Kier alpha value is -1.73. The molecule has 7 nitrogen and oxygen atoms in total. The molecule has 1 saturated heterocycles. The summed E-state index contributed by atoms with van der Waals surface area (Å²) >= 11 is 0. The first kappa shape index (κ1) is 15.7. The largest absolute Gasteiger partial charge is 0.464 e. The molecule has 0 aliphatic carbocycles. The Morgan fingerprint density at radius 2 is 1.95 bits per heavy atom. The van der Waals surface area contributed by atoms with Crippen molar-refractivity contribution in [3.05, 3.63) is 18.5 Å². The monoisotopic (exact) mass is 294 g/mol. The third-order valence-corrected chi connectivity index (χ3v) is 3.28. The number of piperazine rings is 1. The lowest BCUT2D eigenvalue weighted by Gasteiger charge is -2.34. The predicted molar refractivity (Wildman–Crippen MR) is 78.1 cm³/mol. The smallest absolute Gasteiger partial charge is 0.332 e. The molecule has 0 radical (unpaired) electrons. The van der Waals surface area contributed by atoms with Crippen molar-refractivity contribution in [1.82, 2.24) is 14.9 Å². The van der Waals surface area contributed by atoms with Gasteiger partial charge in [-0.1, -0.05) is 0 Å². The molecular weight excluding hydrogens is 272 g/mol. The summed E-state index contributed by atoms with van der Waals surface area (Å²) in [7, 11) is 0. The minimum absolute atomic E-state index is 0.0334. The van der Waals surface area contributed by atoms with E-state index in [2.05, 4.69) is 19.8 Å². The molecule has 1 aliphatic heterocycles. The van der Waals surface area contributed by atoms with Crippen LogP contribution in [0.1, 0.15) is 6.92 Å². The fraction of sp³-hybridized carbons (Fsp3) is 0.643. The van der Waals surface area contributed by atoms with Crippen molar-refractivity contribution in [2.45, 2.75) is 6.92 Å². The predicted octanol–water partition coefficient (Wildman–Crippen LogP) is 0.178. The zero-order valence-corrected chi connectivity index (χ0v) is 12.4. The Bertz CT molecular complexity index is 421. The first-order valence-corrected chi connectivity index (χ1v) is 7.27. The summed E-state index contributed by atoms with van der Waals surface area (Å²) in [6, 6.07) is 1.82. The molecule has 0 unspecified atom stereocenters. The minimum atomic E-state index is -0.302. The zero-order valence-electron chi connectivity index (χ0n) is 12.4. The number of hydrogen-bond acceptors (Lipinski definition) is 7. The highest BCUT2D eigenvalue weighted by Crippen LogP contribution is 2.09. The summed E-state index contributed by atoms with van der Waals surface area (Å²) in [4.78, 5) is 24.1. The van der Waals surface area contributed by atoms with E-state index in [0.717, 1.165) is 38.7 Å². The fourth-order valence-corrected chi connectivity index (χ4v) is 2.18. The van der Waals surface area contributed by atoms with Gasteiger partial charge in [-0.15, -0.1) is 0 Å². The summed E-state index contributed by atoms with van der Waals surface area (Å²) in [5, 5.41) is 0. The quantitative estimate of drug-likeness (QED) is 0.525. The van der Waals surface area contributed by atoms with Crippen molar-refractivity contribution >= 4 is 11.9 Å². The molecule has 0 aromatic carbocycles. The number of carbonyl (C=O) groups excluding carboxylic acids is 1. The van der Waals surface area contributed by atoms with Crippen molar-refractivity contribution in [3.8, 4) is 0 Å². The molecule has 0 amide bonds. The van der Waals surface area contributed by atoms with E-state index in [-0.39, 0.29) is 12.6 Å². The molecule has 0 saturated carbocycles. The molecule has 1 fully saturated rings. The molecule has 0 spiro atoms. The molecular formula is C14H22N4O3. The van der Waals surface area contributed by atoms with E-state index in [9.17, 15) is 4.79 Å². The van der Waals surface area contributed by atoms with Gasteiger partial charge >= 0.3 is 5.97 Å². The molecule has 1 aliphatic rings. The summed E-state index contributed by atoms with van der Waals surface area (Å²) in [6.45, 7) is 7.28. The van der Waals surface area contributed by atoms with Crippen LogP contribution in [0.4, 0.5) is 5.95 Å². The van der Waals surface area contributed by atoms with Crippen LogP contribution in [0, 0.1) is 0 Å². The first-order chi connectivity index (χ1) is 10.3. The van der Waals surface area contributed by atoms with Gasteiger partial charge in [0.15, 0.2) is 0 Å². The fourth-order valence-electron chi connectivity index (χ4n) is 2.18. The van der Waals surface area contributed by atoms with Crippen LogP contribution in [0.3, 0.4) is 0 Å². The Balaban J connectivity index is 1.60. The number of ether oxygens (including phenoxy) is 2. The normalized spacial score (nSPS) is 16.0. The lowest BCUT2D eigenvalue weighted by atomic mass is 10.3. The van der Waals surface area contributed by atoms with E-state index < -0.39 is 0 Å². The molecule has 116 valence electrons. The standard InChI is InChI=1S/C14H22N4O3/c1-2-21-13(19)12-20-11-10-17-6-8-18(9-7-17)14-15-4-3-5-16-14/h3-5H,2,6-12H2,1H3. The molecule has 1 aromatic heterocycles. The van der Waals surface area contributed by atoms with Gasteiger partial charge in [0, 0.05) is 45.1 Å². The van der Waals surface area contributed by atoms with Gasteiger partial charge in [-0.2, -0.15) is 0 Å². The van der Waals surface area contributed by atoms with Crippen LogP contribution in [0.2, 0.25) is 0 Å². The number of esters is 1. The second kappa shape index (κ2) is 8.53. The van der Waals surface area contributed by atoms with Crippen LogP contribution in [0.15, 0.2) is 18.5 Å². The SMILES string of the molecule is CCOC(=O)COCCN1CCN(c2ncccn2)CC1. The van der Waals surface area contributed by atoms with Crippen LogP contribution >= 0.6 is 0 Å². The zero-order chi connectivity index (χ0) is 14.9. The average Bonchev–Trinajstić information content (AvgIpc) is 2.53. The maximum absolute atomic E-state index is 11.1. The van der Waals surface area contributed by atoms with E-state index in [4.69, 9.17) is 9.47 Å². The van der Waals surface area contributed by atoms with E-state index in [1.165, 1.54) is 0 Å². The molecule has 0 bridgehead atoms. The second-order valence-corrected chi connectivity index (χ2v) is 4.74. The third-order valence-electron chi connectivity index (χ3n) is 3.28. The second-order valence-electron chi connectivity index (χ2n) is 4.74. The molecule has 0 N–H and O–H groups in total. The summed E-state index contributed by atoms with van der Waals surface area (Å²) in [6.07, 6.45) is 3.52. The lowest BCUT2D eigenvalue weighted by molar-refractivity contribution is -0.148. The maximum atomic E-state index is 11.1. The van der Waals surface area contributed by atoms with E-state index in [0.29, 0.717) is 13.2 Å². The van der Waals surface area contributed by atoms with E-state index in [1.54, 1.807) is 19.3 Å². The Morgan fingerprint density at radius 1 is 1.24 bits per heavy atom. The highest BCUT2D eigenvalue weighted by molar-refractivity contribution is 5.70. The highest BCUT2D eigenvalue weighted by atomic mass is 16.6. The average molecular weight is 294 g/mol. The van der Waals surface area contributed by atoms with Crippen LogP contribution in [0.25, 0.3) is 0 Å². The summed E-state index contributed by atoms with van der Waals surface area (Å²) in [5.74, 6) is 0.485. The molecule has 2 rings (SSSR count). The van der Waals surface area contributed by atoms with Crippen molar-refractivity contribution < 1.29 is 14.3 Å². The molecule has 2 heterocycles. The maximum Gasteiger partial charge on any atom is 0.332 e. The van der Waals surface area contributed by atoms with Gasteiger partial charge in [0.2, 0.25) is 5.95 Å². The first-order valence-electron chi connectivity index (χ1n) is 7.27. The van der Waals surface area contributed by atoms with Gasteiger partial charge < -0.3 is 14.4 Å². The van der Waals surface area contributed by atoms with E-state index >= 15 is 0 Å². The van der Waals surface area contributed by atoms with Gasteiger partial charge in [0.25, 0.3) is 0 Å². The Morgan fingerprint density at radius 3 is 2.62 bits per heavy atom. The van der Waals surface area contributed by atoms with Crippen molar-refractivity contribution in [2.24, 2.45) is 0 Å². The highest BCUT2D eigenvalue weighted by Gasteiger charge is 2.18. The number of aromatic nitrogens is 2. The summed E-state index contributed by atoms with van der Waals surface area (Å²) < 4.78 is 10.1. The van der Waals surface area contributed by atoms with Crippen molar-refractivity contribution in [2.75, 3.05) is 57.4 Å². The molecule has 1 aromatic rings. The molecule has 0 atom stereocenters. The van der Waals surface area contributed by atoms with Gasteiger partial charge in [-0.3, -0.25) is 4.90 Å². The van der Waals surface area contributed by atoms with Crippen molar-refractivity contribution in [1.29, 1.82) is 0 Å². The summed E-state index contributed by atoms with van der Waals surface area (Å²) in [5.41, 5.74) is 0. The van der Waals surface area contributed by atoms with Gasteiger partial charge in [0.1, 0.15) is 6.61 Å². The van der Waals surface area contributed by atoms with Gasteiger partial charge in [-0.25, -0.2) is 14.8 Å². The number of rotatable bonds is 7.